The molecule has 0 spiro atoms. The van der Waals surface area contributed by atoms with Crippen molar-refractivity contribution in [1.82, 2.24) is 0 Å². The maximum atomic E-state index is 10.9. The molecule has 76 valence electrons. The molecule has 1 atom stereocenters. The zero-order valence-electron chi connectivity index (χ0n) is 7.52. The summed E-state index contributed by atoms with van der Waals surface area (Å²) in [6, 6.07) is -0.752. The molecular formula is C7H13NO5. The first-order valence-corrected chi connectivity index (χ1v) is 3.73. The van der Waals surface area contributed by atoms with Crippen molar-refractivity contribution in [1.29, 1.82) is 0 Å². The highest BCUT2D eigenvalue weighted by Gasteiger charge is 2.18. The number of carbonyl (C=O) groups excluding carboxylic acids is 1. The van der Waals surface area contributed by atoms with Crippen molar-refractivity contribution in [3.63, 3.8) is 0 Å². The minimum Gasteiger partial charge on any atom is -0.450 e. The monoisotopic (exact) mass is 191 g/mol. The zero-order chi connectivity index (χ0) is 10.4. The third kappa shape index (κ3) is 5.02. The van der Waals surface area contributed by atoms with Crippen LogP contribution in [0.5, 0.6) is 0 Å². The van der Waals surface area contributed by atoms with Gasteiger partial charge in [-0.2, -0.15) is 0 Å². The van der Waals surface area contributed by atoms with Crippen molar-refractivity contribution in [2.24, 2.45) is 11.7 Å². The molecule has 6 nitrogen and oxygen atoms in total. The normalized spacial score (nSPS) is 12.3. The van der Waals surface area contributed by atoms with Crippen LogP contribution in [0, 0.1) is 5.92 Å². The van der Waals surface area contributed by atoms with E-state index in [1.54, 1.807) is 13.8 Å². The molecule has 0 saturated heterocycles. The molecule has 0 rings (SSSR count). The largest absolute Gasteiger partial charge is 0.508 e. The second-order valence-electron chi connectivity index (χ2n) is 2.76. The van der Waals surface area contributed by atoms with Crippen LogP contribution >= 0.6 is 0 Å². The molecule has 6 heteroatoms. The highest BCUT2D eigenvalue weighted by molar-refractivity contribution is 5.75. The maximum Gasteiger partial charge on any atom is 0.508 e. The van der Waals surface area contributed by atoms with Crippen LogP contribution in [-0.2, 0) is 14.3 Å². The Labute approximate surface area is 75.6 Å². The van der Waals surface area contributed by atoms with Gasteiger partial charge in [0.05, 0.1) is 0 Å². The quantitative estimate of drug-likeness (QED) is 0.485. The molecule has 3 N–H and O–H groups in total. The number of carboxylic acid groups (broad SMARTS) is 1. The Hall–Kier alpha value is -1.30. The van der Waals surface area contributed by atoms with Crippen LogP contribution in [0.4, 0.5) is 4.79 Å². The van der Waals surface area contributed by atoms with Gasteiger partial charge < -0.3 is 20.3 Å². The molecule has 0 unspecified atom stereocenters. The summed E-state index contributed by atoms with van der Waals surface area (Å²) in [4.78, 5) is 20.8. The Kier molecular flexibility index (Phi) is 4.83. The van der Waals surface area contributed by atoms with Gasteiger partial charge in [0.2, 0.25) is 6.79 Å². The van der Waals surface area contributed by atoms with Gasteiger partial charge in [-0.05, 0) is 5.92 Å². The molecule has 0 aromatic rings. The predicted molar refractivity (Wildman–Crippen MR) is 42.9 cm³/mol. The van der Waals surface area contributed by atoms with Crippen molar-refractivity contribution in [3.8, 4) is 0 Å². The van der Waals surface area contributed by atoms with Crippen LogP contribution in [0.15, 0.2) is 0 Å². The Morgan fingerprint density at radius 2 is 1.92 bits per heavy atom. The van der Waals surface area contributed by atoms with E-state index in [2.05, 4.69) is 9.47 Å². The first-order chi connectivity index (χ1) is 5.95. The van der Waals surface area contributed by atoms with Gasteiger partial charge in [0.25, 0.3) is 0 Å². The van der Waals surface area contributed by atoms with Gasteiger partial charge in [-0.3, -0.25) is 4.79 Å². The Morgan fingerprint density at radius 1 is 1.38 bits per heavy atom. The average Bonchev–Trinajstić information content (AvgIpc) is 2.02. The summed E-state index contributed by atoms with van der Waals surface area (Å²) in [7, 11) is 0. The Balaban J connectivity index is 3.68. The Bertz CT molecular complexity index is 191. The van der Waals surface area contributed by atoms with E-state index in [4.69, 9.17) is 10.8 Å². The van der Waals surface area contributed by atoms with E-state index in [1.807, 2.05) is 0 Å². The van der Waals surface area contributed by atoms with E-state index >= 15 is 0 Å². The number of nitrogens with two attached hydrogens (primary N) is 1. The third-order valence-corrected chi connectivity index (χ3v) is 1.37. The van der Waals surface area contributed by atoms with Crippen molar-refractivity contribution >= 4 is 12.1 Å². The molecule has 0 aliphatic carbocycles. The first kappa shape index (κ1) is 11.7. The van der Waals surface area contributed by atoms with Crippen molar-refractivity contribution in [2.45, 2.75) is 19.9 Å². The highest BCUT2D eigenvalue weighted by Crippen LogP contribution is 2.00. The highest BCUT2D eigenvalue weighted by atomic mass is 16.7. The molecule has 0 radical (unpaired) electrons. The minimum absolute atomic E-state index is 0.0580. The topological polar surface area (TPSA) is 98.9 Å². The van der Waals surface area contributed by atoms with Gasteiger partial charge in [-0.1, -0.05) is 13.8 Å². The fourth-order valence-electron chi connectivity index (χ4n) is 0.506. The summed E-state index contributed by atoms with van der Waals surface area (Å²) in [5.74, 6) is -0.728. The lowest BCUT2D eigenvalue weighted by atomic mass is 10.1. The fourth-order valence-corrected chi connectivity index (χ4v) is 0.506. The molecule has 0 aromatic heterocycles. The van der Waals surface area contributed by atoms with Crippen molar-refractivity contribution in [2.75, 3.05) is 6.79 Å². The van der Waals surface area contributed by atoms with Crippen LogP contribution < -0.4 is 5.73 Å². The summed E-state index contributed by atoms with van der Waals surface area (Å²) < 4.78 is 8.37. The second-order valence-corrected chi connectivity index (χ2v) is 2.76. The van der Waals surface area contributed by atoms with E-state index < -0.39 is 25.0 Å². The van der Waals surface area contributed by atoms with Gasteiger partial charge in [0, 0.05) is 0 Å². The Morgan fingerprint density at radius 3 is 2.31 bits per heavy atom. The molecule has 0 aliphatic rings. The number of ether oxygens (including phenoxy) is 2. The predicted octanol–water partition coefficient (Wildman–Crippen LogP) is 0.165. The zero-order valence-corrected chi connectivity index (χ0v) is 7.52. The number of carbonyl (C=O) groups is 2. The molecular weight excluding hydrogens is 178 g/mol. The van der Waals surface area contributed by atoms with Crippen LogP contribution in [0.1, 0.15) is 13.8 Å². The molecule has 13 heavy (non-hydrogen) atoms. The van der Waals surface area contributed by atoms with Gasteiger partial charge in [0.15, 0.2) is 0 Å². The molecule has 0 heterocycles. The molecule has 0 aromatic carbocycles. The van der Waals surface area contributed by atoms with E-state index in [0.29, 0.717) is 0 Å². The SMILES string of the molecule is CC(C)[C@H](N)C(=O)OCOC(=O)O. The van der Waals surface area contributed by atoms with Crippen molar-refractivity contribution < 1.29 is 24.2 Å². The first-order valence-electron chi connectivity index (χ1n) is 3.73. The lowest BCUT2D eigenvalue weighted by Crippen LogP contribution is -2.37. The van der Waals surface area contributed by atoms with Gasteiger partial charge in [-0.25, -0.2) is 4.79 Å². The van der Waals surface area contributed by atoms with Crippen LogP contribution in [0.25, 0.3) is 0 Å². The molecule has 0 amide bonds. The van der Waals surface area contributed by atoms with Crippen LogP contribution in [-0.4, -0.2) is 30.1 Å². The van der Waals surface area contributed by atoms with Gasteiger partial charge in [-0.15, -0.1) is 0 Å². The molecule has 0 saturated carbocycles. The number of hydrogen-bond acceptors (Lipinski definition) is 5. The summed E-state index contributed by atoms with van der Waals surface area (Å²) in [5, 5.41) is 8.03. The average molecular weight is 191 g/mol. The van der Waals surface area contributed by atoms with E-state index in [1.165, 1.54) is 0 Å². The van der Waals surface area contributed by atoms with Crippen LogP contribution in [0.3, 0.4) is 0 Å². The summed E-state index contributed by atoms with van der Waals surface area (Å²) >= 11 is 0. The summed E-state index contributed by atoms with van der Waals surface area (Å²) in [5.41, 5.74) is 5.40. The molecule has 0 bridgehead atoms. The smallest absolute Gasteiger partial charge is 0.450 e. The van der Waals surface area contributed by atoms with Crippen molar-refractivity contribution in [3.05, 3.63) is 0 Å². The minimum atomic E-state index is -1.49. The second kappa shape index (κ2) is 5.36. The van der Waals surface area contributed by atoms with Crippen LogP contribution in [0.2, 0.25) is 0 Å². The van der Waals surface area contributed by atoms with E-state index in [-0.39, 0.29) is 5.92 Å². The lowest BCUT2D eigenvalue weighted by Gasteiger charge is -2.13. The molecule has 0 aliphatic heterocycles. The third-order valence-electron chi connectivity index (χ3n) is 1.37. The van der Waals surface area contributed by atoms with Gasteiger partial charge >= 0.3 is 12.1 Å². The van der Waals surface area contributed by atoms with E-state index in [9.17, 15) is 9.59 Å². The molecule has 0 fully saturated rings. The van der Waals surface area contributed by atoms with E-state index in [0.717, 1.165) is 0 Å². The van der Waals surface area contributed by atoms with Gasteiger partial charge in [0.1, 0.15) is 6.04 Å². The summed E-state index contributed by atoms with van der Waals surface area (Å²) in [6.45, 7) is 2.89. The maximum absolute atomic E-state index is 10.9. The number of rotatable bonds is 4. The number of hydrogen-bond donors (Lipinski definition) is 2. The summed E-state index contributed by atoms with van der Waals surface area (Å²) in [6.07, 6.45) is -1.49. The number of esters is 1. The fraction of sp³-hybridized carbons (Fsp3) is 0.714. The standard InChI is InChI=1S/C7H13NO5/c1-4(2)5(8)6(9)12-3-13-7(10)11/h4-5H,3,8H2,1-2H3,(H,10,11)/t5-/m0/s1. The lowest BCUT2D eigenvalue weighted by molar-refractivity contribution is -0.155.